The lowest BCUT2D eigenvalue weighted by atomic mass is 10.3. The summed E-state index contributed by atoms with van der Waals surface area (Å²) in [5.74, 6) is 1.83. The van der Waals surface area contributed by atoms with E-state index >= 15 is 0 Å². The molecule has 0 aliphatic carbocycles. The first kappa shape index (κ1) is 17.0. The fourth-order valence-corrected chi connectivity index (χ4v) is 2.25. The molecule has 0 atom stereocenters. The van der Waals surface area contributed by atoms with E-state index < -0.39 is 0 Å². The van der Waals surface area contributed by atoms with Gasteiger partial charge in [0.2, 0.25) is 0 Å². The molecule has 1 N–H and O–H groups in total. The van der Waals surface area contributed by atoms with Gasteiger partial charge in [0.25, 0.3) is 0 Å². The van der Waals surface area contributed by atoms with E-state index in [1.165, 1.54) is 5.56 Å². The van der Waals surface area contributed by atoms with Gasteiger partial charge in [0, 0.05) is 0 Å². The number of furan rings is 1. The van der Waals surface area contributed by atoms with Crippen molar-refractivity contribution in [3.8, 4) is 0 Å². The zero-order chi connectivity index (χ0) is 13.3. The van der Waals surface area contributed by atoms with Crippen molar-refractivity contribution in [1.29, 1.82) is 0 Å². The first-order chi connectivity index (χ1) is 9.38. The molecule has 0 saturated carbocycles. The lowest BCUT2D eigenvalue weighted by Gasteiger charge is -1.99. The second kappa shape index (κ2) is 9.77. The summed E-state index contributed by atoms with van der Waals surface area (Å²) in [6.45, 7) is 4.90. The van der Waals surface area contributed by atoms with Gasteiger partial charge in [-0.05, 0) is 41.1 Å². The Hall–Kier alpha value is -1.07. The van der Waals surface area contributed by atoms with Crippen LogP contribution in [-0.4, -0.2) is 13.2 Å². The maximum Gasteiger partial charge on any atom is 0.129 e. The summed E-state index contributed by atoms with van der Waals surface area (Å²) >= 11 is 1.70. The third-order valence-electron chi connectivity index (χ3n) is 2.58. The molecule has 5 heteroatoms. The number of nitrogens with one attached hydrogen (secondary N) is 1. The van der Waals surface area contributed by atoms with E-state index in [4.69, 9.17) is 9.15 Å². The standard InChI is InChI=1S/C15H19NO2S.ClH/c1-2-16-10-14-5-6-15(18-14)11-17-8-3-4-13-7-9-19-12-13;/h3-7,9,12,16H,2,8,10-11H2,1H3;1H. The molecule has 3 nitrogen and oxygen atoms in total. The SMILES string of the molecule is CCNCc1ccc(COCC=Cc2ccsc2)o1.Cl. The van der Waals surface area contributed by atoms with Crippen LogP contribution in [0.2, 0.25) is 0 Å². The smallest absolute Gasteiger partial charge is 0.129 e. The molecule has 0 radical (unpaired) electrons. The molecule has 2 aromatic heterocycles. The third kappa shape index (κ3) is 5.92. The molecule has 0 aromatic carbocycles. The Morgan fingerprint density at radius 3 is 2.90 bits per heavy atom. The summed E-state index contributed by atoms with van der Waals surface area (Å²) in [5.41, 5.74) is 1.22. The molecule has 110 valence electrons. The minimum Gasteiger partial charge on any atom is -0.462 e. The Labute approximate surface area is 130 Å². The topological polar surface area (TPSA) is 34.4 Å². The summed E-state index contributed by atoms with van der Waals surface area (Å²) in [6.07, 6.45) is 4.08. The predicted molar refractivity (Wildman–Crippen MR) is 86.3 cm³/mol. The van der Waals surface area contributed by atoms with E-state index in [0.29, 0.717) is 13.2 Å². The molecule has 0 spiro atoms. The third-order valence-corrected chi connectivity index (χ3v) is 3.28. The number of thiophene rings is 1. The number of rotatable bonds is 8. The number of hydrogen-bond acceptors (Lipinski definition) is 4. The average molecular weight is 314 g/mol. The zero-order valence-electron chi connectivity index (χ0n) is 11.5. The van der Waals surface area contributed by atoms with Gasteiger partial charge in [-0.3, -0.25) is 0 Å². The Balaban J connectivity index is 0.00000200. The van der Waals surface area contributed by atoms with Crippen LogP contribution in [0.1, 0.15) is 24.0 Å². The van der Waals surface area contributed by atoms with Crippen molar-refractivity contribution >= 4 is 29.8 Å². The predicted octanol–water partition coefficient (Wildman–Crippen LogP) is 4.10. The molecule has 0 aliphatic rings. The van der Waals surface area contributed by atoms with Crippen LogP contribution in [0.15, 0.2) is 39.5 Å². The van der Waals surface area contributed by atoms with Crippen LogP contribution in [0.25, 0.3) is 6.08 Å². The van der Waals surface area contributed by atoms with E-state index in [-0.39, 0.29) is 12.4 Å². The van der Waals surface area contributed by atoms with E-state index in [0.717, 1.165) is 24.6 Å². The number of hydrogen-bond donors (Lipinski definition) is 1. The van der Waals surface area contributed by atoms with E-state index in [1.54, 1.807) is 11.3 Å². The fraction of sp³-hybridized carbons (Fsp3) is 0.333. The Bertz CT molecular complexity index is 494. The van der Waals surface area contributed by atoms with Crippen molar-refractivity contribution in [3.05, 3.63) is 52.1 Å². The van der Waals surface area contributed by atoms with Gasteiger partial charge in [-0.1, -0.05) is 19.1 Å². The van der Waals surface area contributed by atoms with Crippen LogP contribution in [0, 0.1) is 0 Å². The molecular formula is C15H20ClNO2S. The van der Waals surface area contributed by atoms with Crippen LogP contribution >= 0.6 is 23.7 Å². The highest BCUT2D eigenvalue weighted by molar-refractivity contribution is 7.08. The van der Waals surface area contributed by atoms with Crippen molar-refractivity contribution in [2.75, 3.05) is 13.2 Å². The lowest BCUT2D eigenvalue weighted by Crippen LogP contribution is -2.10. The Kier molecular flexibility index (Phi) is 8.30. The zero-order valence-corrected chi connectivity index (χ0v) is 13.1. The molecule has 0 aliphatic heterocycles. The molecule has 0 fully saturated rings. The van der Waals surface area contributed by atoms with Crippen molar-refractivity contribution in [2.24, 2.45) is 0 Å². The molecular weight excluding hydrogens is 294 g/mol. The quantitative estimate of drug-likeness (QED) is 0.745. The van der Waals surface area contributed by atoms with Gasteiger partial charge in [-0.2, -0.15) is 11.3 Å². The van der Waals surface area contributed by atoms with Crippen LogP contribution < -0.4 is 5.32 Å². The normalized spacial score (nSPS) is 10.8. The van der Waals surface area contributed by atoms with Crippen molar-refractivity contribution < 1.29 is 9.15 Å². The summed E-state index contributed by atoms with van der Waals surface area (Å²) < 4.78 is 11.2. The molecule has 2 aromatic rings. The fourth-order valence-electron chi connectivity index (χ4n) is 1.62. The van der Waals surface area contributed by atoms with Crippen LogP contribution in [0.3, 0.4) is 0 Å². The second-order valence-corrected chi connectivity index (χ2v) is 4.90. The van der Waals surface area contributed by atoms with E-state index in [2.05, 4.69) is 35.1 Å². The first-order valence-electron chi connectivity index (χ1n) is 6.43. The first-order valence-corrected chi connectivity index (χ1v) is 7.37. The van der Waals surface area contributed by atoms with Gasteiger partial charge in [-0.25, -0.2) is 0 Å². The van der Waals surface area contributed by atoms with Crippen LogP contribution in [0.4, 0.5) is 0 Å². The number of halogens is 1. The summed E-state index contributed by atoms with van der Waals surface area (Å²) in [4.78, 5) is 0. The van der Waals surface area contributed by atoms with Gasteiger partial charge in [0.1, 0.15) is 18.1 Å². The van der Waals surface area contributed by atoms with Gasteiger partial charge in [0.05, 0.1) is 13.2 Å². The molecule has 2 heterocycles. The Morgan fingerprint density at radius 1 is 1.30 bits per heavy atom. The van der Waals surface area contributed by atoms with Crippen LogP contribution in [-0.2, 0) is 17.9 Å². The minimum absolute atomic E-state index is 0. The maximum atomic E-state index is 5.63. The monoisotopic (exact) mass is 313 g/mol. The minimum atomic E-state index is 0. The van der Waals surface area contributed by atoms with E-state index in [1.807, 2.05) is 18.2 Å². The molecule has 2 rings (SSSR count). The highest BCUT2D eigenvalue weighted by Gasteiger charge is 2.00. The molecule has 0 saturated heterocycles. The largest absolute Gasteiger partial charge is 0.462 e. The number of ether oxygens (including phenoxy) is 1. The van der Waals surface area contributed by atoms with Gasteiger partial charge in [0.15, 0.2) is 0 Å². The lowest BCUT2D eigenvalue weighted by molar-refractivity contribution is 0.130. The average Bonchev–Trinajstić information content (AvgIpc) is 3.07. The highest BCUT2D eigenvalue weighted by atomic mass is 35.5. The molecule has 20 heavy (non-hydrogen) atoms. The Morgan fingerprint density at radius 2 is 2.15 bits per heavy atom. The second-order valence-electron chi connectivity index (χ2n) is 4.12. The maximum absolute atomic E-state index is 5.63. The van der Waals surface area contributed by atoms with Gasteiger partial charge < -0.3 is 14.5 Å². The molecule has 0 bridgehead atoms. The highest BCUT2D eigenvalue weighted by Crippen LogP contribution is 2.10. The van der Waals surface area contributed by atoms with Crippen molar-refractivity contribution in [3.63, 3.8) is 0 Å². The summed E-state index contributed by atoms with van der Waals surface area (Å²) in [6, 6.07) is 6.04. The summed E-state index contributed by atoms with van der Waals surface area (Å²) in [5, 5.41) is 7.40. The van der Waals surface area contributed by atoms with Gasteiger partial charge in [-0.15, -0.1) is 12.4 Å². The summed E-state index contributed by atoms with van der Waals surface area (Å²) in [7, 11) is 0. The van der Waals surface area contributed by atoms with E-state index in [9.17, 15) is 0 Å². The van der Waals surface area contributed by atoms with Gasteiger partial charge >= 0.3 is 0 Å². The molecule has 0 amide bonds. The van der Waals surface area contributed by atoms with Crippen molar-refractivity contribution in [1.82, 2.24) is 5.32 Å². The van der Waals surface area contributed by atoms with Crippen LogP contribution in [0.5, 0.6) is 0 Å². The molecule has 0 unspecified atom stereocenters. The van der Waals surface area contributed by atoms with Crippen molar-refractivity contribution in [2.45, 2.75) is 20.1 Å².